The molecule has 142 valence electrons. The molecule has 0 saturated carbocycles. The molecule has 0 radical (unpaired) electrons. The Morgan fingerprint density at radius 1 is 0.931 bits per heavy atom. The molecule has 0 atom stereocenters. The number of nitrogens with zero attached hydrogens (tertiary/aromatic N) is 2. The molecule has 0 spiro atoms. The molecule has 29 heavy (non-hydrogen) atoms. The second-order valence-corrected chi connectivity index (χ2v) is 6.71. The Balaban J connectivity index is 1.65. The van der Waals surface area contributed by atoms with Crippen molar-refractivity contribution in [1.82, 2.24) is 9.55 Å². The molecule has 0 fully saturated rings. The van der Waals surface area contributed by atoms with Gasteiger partial charge < -0.3 is 9.88 Å². The summed E-state index contributed by atoms with van der Waals surface area (Å²) in [4.78, 5) is 28.5. The number of carbonyl (C=O) groups is 2. The average molecular weight is 381 g/mol. The van der Waals surface area contributed by atoms with Crippen LogP contribution in [0.3, 0.4) is 0 Å². The minimum atomic E-state index is -0.317. The minimum absolute atomic E-state index is 0.317. The normalized spacial score (nSPS) is 10.5. The summed E-state index contributed by atoms with van der Waals surface area (Å²) in [5.41, 5.74) is 5.05. The number of anilines is 1. The van der Waals surface area contributed by atoms with Gasteiger partial charge in [0.1, 0.15) is 0 Å². The number of rotatable bonds is 5. The van der Waals surface area contributed by atoms with E-state index in [0.29, 0.717) is 16.8 Å². The summed E-state index contributed by atoms with van der Waals surface area (Å²) in [7, 11) is 1.95. The van der Waals surface area contributed by atoms with Crippen LogP contribution in [0.25, 0.3) is 22.4 Å². The zero-order valence-corrected chi connectivity index (χ0v) is 15.9. The predicted octanol–water partition coefficient (Wildman–Crippen LogP) is 4.82. The van der Waals surface area contributed by atoms with Crippen molar-refractivity contribution in [2.75, 3.05) is 5.32 Å². The third-order valence-electron chi connectivity index (χ3n) is 4.78. The van der Waals surface area contributed by atoms with Gasteiger partial charge in [-0.2, -0.15) is 0 Å². The smallest absolute Gasteiger partial charge is 0.257 e. The highest BCUT2D eigenvalue weighted by atomic mass is 16.1. The number of carbonyl (C=O) groups excluding carboxylic acids is 2. The maximum Gasteiger partial charge on any atom is 0.257 e. The Bertz CT molecular complexity index is 1180. The number of aldehydes is 1. The van der Waals surface area contributed by atoms with Crippen LogP contribution in [0, 0.1) is 0 Å². The standard InChI is InChI=1S/C24H19N3O2/c1-27-11-5-8-23(27)18-9-10-19(16-28)22(13-18)26-24(29)21-12-20(14-25-15-21)17-6-3-2-4-7-17/h2-16H,1H3,(H,26,29). The molecule has 5 heteroatoms. The van der Waals surface area contributed by atoms with Gasteiger partial charge in [-0.1, -0.05) is 36.4 Å². The van der Waals surface area contributed by atoms with Crippen LogP contribution < -0.4 is 5.32 Å². The van der Waals surface area contributed by atoms with Gasteiger partial charge in [0, 0.05) is 48.0 Å². The van der Waals surface area contributed by atoms with Gasteiger partial charge in [0.15, 0.2) is 6.29 Å². The molecule has 5 nitrogen and oxygen atoms in total. The lowest BCUT2D eigenvalue weighted by Crippen LogP contribution is -2.14. The maximum absolute atomic E-state index is 12.9. The monoisotopic (exact) mass is 381 g/mol. The number of hydrogen-bond donors (Lipinski definition) is 1. The Morgan fingerprint density at radius 2 is 1.76 bits per heavy atom. The zero-order chi connectivity index (χ0) is 20.2. The maximum atomic E-state index is 12.9. The van der Waals surface area contributed by atoms with Gasteiger partial charge in [0.25, 0.3) is 5.91 Å². The summed E-state index contributed by atoms with van der Waals surface area (Å²) in [5.74, 6) is -0.317. The number of amides is 1. The highest BCUT2D eigenvalue weighted by Crippen LogP contribution is 2.26. The van der Waals surface area contributed by atoms with Gasteiger partial charge in [-0.15, -0.1) is 0 Å². The molecule has 4 aromatic rings. The van der Waals surface area contributed by atoms with Crippen LogP contribution in [0.5, 0.6) is 0 Å². The van der Waals surface area contributed by atoms with Gasteiger partial charge in [-0.25, -0.2) is 0 Å². The van der Waals surface area contributed by atoms with Gasteiger partial charge >= 0.3 is 0 Å². The first-order valence-corrected chi connectivity index (χ1v) is 9.18. The molecule has 1 N–H and O–H groups in total. The number of aromatic nitrogens is 2. The van der Waals surface area contributed by atoms with Crippen LogP contribution in [0.1, 0.15) is 20.7 Å². The number of benzene rings is 2. The van der Waals surface area contributed by atoms with Gasteiger partial charge in [-0.3, -0.25) is 14.6 Å². The third kappa shape index (κ3) is 3.84. The molecule has 1 amide bonds. The highest BCUT2D eigenvalue weighted by Gasteiger charge is 2.13. The van der Waals surface area contributed by atoms with Crippen LogP contribution in [-0.2, 0) is 7.05 Å². The molecule has 0 bridgehead atoms. The van der Waals surface area contributed by atoms with E-state index in [4.69, 9.17) is 0 Å². The van der Waals surface area contributed by atoms with Crippen molar-refractivity contribution in [2.24, 2.45) is 7.05 Å². The molecule has 0 saturated heterocycles. The van der Waals surface area contributed by atoms with Crippen molar-refractivity contribution in [3.63, 3.8) is 0 Å². The highest BCUT2D eigenvalue weighted by molar-refractivity contribution is 6.07. The van der Waals surface area contributed by atoms with E-state index in [1.54, 1.807) is 18.3 Å². The number of pyridine rings is 1. The SMILES string of the molecule is Cn1cccc1-c1ccc(C=O)c(NC(=O)c2cncc(-c3ccccc3)c2)c1. The third-order valence-corrected chi connectivity index (χ3v) is 4.78. The number of nitrogens with one attached hydrogen (secondary N) is 1. The molecule has 2 aromatic carbocycles. The summed E-state index contributed by atoms with van der Waals surface area (Å²) in [5, 5.41) is 2.86. The van der Waals surface area contributed by atoms with Gasteiger partial charge in [0.05, 0.1) is 11.3 Å². The van der Waals surface area contributed by atoms with E-state index in [1.807, 2.05) is 72.4 Å². The Kier molecular flexibility index (Phi) is 5.03. The largest absolute Gasteiger partial charge is 0.351 e. The molecule has 2 aromatic heterocycles. The molecular formula is C24H19N3O2. The lowest BCUT2D eigenvalue weighted by atomic mass is 10.0. The molecule has 0 aliphatic rings. The van der Waals surface area contributed by atoms with Crippen LogP contribution >= 0.6 is 0 Å². The van der Waals surface area contributed by atoms with Gasteiger partial charge in [0.2, 0.25) is 0 Å². The quantitative estimate of drug-likeness (QED) is 0.504. The van der Waals surface area contributed by atoms with Crippen LogP contribution in [0.4, 0.5) is 5.69 Å². The number of aryl methyl sites for hydroxylation is 1. The second-order valence-electron chi connectivity index (χ2n) is 6.71. The Morgan fingerprint density at radius 3 is 2.48 bits per heavy atom. The lowest BCUT2D eigenvalue weighted by Gasteiger charge is -2.11. The average Bonchev–Trinajstić information content (AvgIpc) is 3.20. The molecule has 2 heterocycles. The van der Waals surface area contributed by atoms with Crippen LogP contribution in [-0.4, -0.2) is 21.7 Å². The first kappa shape index (κ1) is 18.4. The van der Waals surface area contributed by atoms with Crippen molar-refractivity contribution in [1.29, 1.82) is 0 Å². The fourth-order valence-corrected chi connectivity index (χ4v) is 3.23. The van der Waals surface area contributed by atoms with E-state index in [-0.39, 0.29) is 5.91 Å². The van der Waals surface area contributed by atoms with Crippen LogP contribution in [0.2, 0.25) is 0 Å². The molecule has 0 unspecified atom stereocenters. The molecule has 0 aliphatic heterocycles. The fraction of sp³-hybridized carbons (Fsp3) is 0.0417. The minimum Gasteiger partial charge on any atom is -0.351 e. The van der Waals surface area contributed by atoms with Crippen molar-refractivity contribution in [3.05, 3.63) is 96.4 Å². The van der Waals surface area contributed by atoms with E-state index in [2.05, 4.69) is 10.3 Å². The summed E-state index contributed by atoms with van der Waals surface area (Å²) in [6.07, 6.45) is 5.92. The number of hydrogen-bond acceptors (Lipinski definition) is 3. The zero-order valence-electron chi connectivity index (χ0n) is 15.9. The predicted molar refractivity (Wildman–Crippen MR) is 114 cm³/mol. The summed E-state index contributed by atoms with van der Waals surface area (Å²) in [6.45, 7) is 0. The lowest BCUT2D eigenvalue weighted by molar-refractivity contribution is 0.102. The van der Waals surface area contributed by atoms with Crippen LogP contribution in [0.15, 0.2) is 85.3 Å². The summed E-state index contributed by atoms with van der Waals surface area (Å²) >= 11 is 0. The van der Waals surface area contributed by atoms with Crippen molar-refractivity contribution >= 4 is 17.9 Å². The first-order valence-electron chi connectivity index (χ1n) is 9.18. The summed E-state index contributed by atoms with van der Waals surface area (Å²) in [6, 6.07) is 20.9. The van der Waals surface area contributed by atoms with Crippen molar-refractivity contribution in [3.8, 4) is 22.4 Å². The van der Waals surface area contributed by atoms with E-state index in [9.17, 15) is 9.59 Å². The van der Waals surface area contributed by atoms with Gasteiger partial charge in [-0.05, 0) is 35.9 Å². The molecule has 4 rings (SSSR count). The molecule has 0 aliphatic carbocycles. The molecular weight excluding hydrogens is 362 g/mol. The van der Waals surface area contributed by atoms with E-state index >= 15 is 0 Å². The van der Waals surface area contributed by atoms with Crippen molar-refractivity contribution < 1.29 is 9.59 Å². The van der Waals surface area contributed by atoms with E-state index < -0.39 is 0 Å². The second kappa shape index (κ2) is 7.94. The fourth-order valence-electron chi connectivity index (χ4n) is 3.23. The Labute approximate surface area is 168 Å². The topological polar surface area (TPSA) is 64.0 Å². The van der Waals surface area contributed by atoms with E-state index in [1.165, 1.54) is 6.20 Å². The summed E-state index contributed by atoms with van der Waals surface area (Å²) < 4.78 is 1.98. The van der Waals surface area contributed by atoms with Crippen molar-refractivity contribution in [2.45, 2.75) is 0 Å². The first-order chi connectivity index (χ1) is 14.2. The Hall–Kier alpha value is -3.99. The van der Waals surface area contributed by atoms with E-state index in [0.717, 1.165) is 28.7 Å².